The molecule has 0 bridgehead atoms. The van der Waals surface area contributed by atoms with E-state index >= 15 is 0 Å². The Hall–Kier alpha value is -1.59. The molecule has 0 spiro atoms. The fraction of sp³-hybridized carbons (Fsp3) is 0.946. The van der Waals surface area contributed by atoms with Gasteiger partial charge in [-0.25, -0.2) is 0 Å². The van der Waals surface area contributed by atoms with Crippen LogP contribution >= 0.6 is 0 Å². The van der Waals surface area contributed by atoms with Crippen molar-refractivity contribution in [3.05, 3.63) is 0 Å². The van der Waals surface area contributed by atoms with Crippen molar-refractivity contribution >= 4 is 17.9 Å². The summed E-state index contributed by atoms with van der Waals surface area (Å²) in [5, 5.41) is 0. The van der Waals surface area contributed by atoms with Gasteiger partial charge in [-0.1, -0.05) is 266 Å². The van der Waals surface area contributed by atoms with E-state index in [9.17, 15) is 14.4 Å². The van der Waals surface area contributed by atoms with E-state index in [4.69, 9.17) is 14.2 Å². The highest BCUT2D eigenvalue weighted by Crippen LogP contribution is 2.18. The number of carbonyl (C=O) groups is 3. The summed E-state index contributed by atoms with van der Waals surface area (Å²) in [6.07, 6.45) is 48.1. The Morgan fingerprint density at radius 2 is 0.468 bits per heavy atom. The van der Waals surface area contributed by atoms with Crippen molar-refractivity contribution in [1.82, 2.24) is 0 Å². The van der Waals surface area contributed by atoms with Crippen molar-refractivity contribution in [2.45, 2.75) is 311 Å². The monoisotopic (exact) mass is 877 g/mol. The van der Waals surface area contributed by atoms with Crippen molar-refractivity contribution in [3.63, 3.8) is 0 Å². The van der Waals surface area contributed by atoms with Crippen LogP contribution in [0.1, 0.15) is 305 Å². The van der Waals surface area contributed by atoms with Crippen molar-refractivity contribution < 1.29 is 28.6 Å². The first kappa shape index (κ1) is 60.4. The Labute approximate surface area is 387 Å². The fourth-order valence-electron chi connectivity index (χ4n) is 8.47. The van der Waals surface area contributed by atoms with Gasteiger partial charge in [0.1, 0.15) is 13.2 Å². The zero-order valence-corrected chi connectivity index (χ0v) is 42.7. The van der Waals surface area contributed by atoms with E-state index in [1.807, 2.05) is 0 Å². The third-order valence-corrected chi connectivity index (χ3v) is 12.6. The average Bonchev–Trinajstić information content (AvgIpc) is 3.23. The van der Waals surface area contributed by atoms with Gasteiger partial charge in [0.15, 0.2) is 6.10 Å². The second-order valence-electron chi connectivity index (χ2n) is 20.6. The molecule has 0 aromatic rings. The zero-order chi connectivity index (χ0) is 45.6. The summed E-state index contributed by atoms with van der Waals surface area (Å²) in [7, 11) is 0. The molecule has 0 unspecified atom stereocenters. The minimum Gasteiger partial charge on any atom is -0.462 e. The molecule has 0 rings (SSSR count). The Bertz CT molecular complexity index is 960. The van der Waals surface area contributed by atoms with Gasteiger partial charge < -0.3 is 14.2 Å². The molecular weight excluding hydrogens is 769 g/mol. The summed E-state index contributed by atoms with van der Waals surface area (Å²) in [6, 6.07) is 0. The van der Waals surface area contributed by atoms with Crippen LogP contribution in [0.15, 0.2) is 0 Å². The molecule has 6 nitrogen and oxygen atoms in total. The van der Waals surface area contributed by atoms with Gasteiger partial charge in [-0.05, 0) is 37.0 Å². The van der Waals surface area contributed by atoms with Crippen LogP contribution < -0.4 is 0 Å². The number of hydrogen-bond donors (Lipinski definition) is 0. The molecule has 0 saturated heterocycles. The standard InChI is InChI=1S/C56H108O6/c1-50(2)42-36-30-24-18-13-9-7-8-10-15-21-27-33-39-45-54(57)60-48-53(49-61-55(58)46-40-34-28-23-17-20-26-32-38-44-52(5)6)62-56(59)47-41-35-29-22-16-12-11-14-19-25-31-37-43-51(3)4/h50-53H,7-49H2,1-6H3/t53-/m1/s1. The lowest BCUT2D eigenvalue weighted by molar-refractivity contribution is -0.167. The molecule has 0 amide bonds. The van der Waals surface area contributed by atoms with E-state index in [1.165, 1.54) is 186 Å². The molecule has 62 heavy (non-hydrogen) atoms. The Kier molecular flexibility index (Phi) is 46.2. The quantitative estimate of drug-likeness (QED) is 0.0344. The maximum absolute atomic E-state index is 12.8. The number of rotatable bonds is 49. The zero-order valence-electron chi connectivity index (χ0n) is 42.7. The van der Waals surface area contributed by atoms with E-state index in [1.54, 1.807) is 0 Å². The lowest BCUT2D eigenvalue weighted by Gasteiger charge is -2.18. The smallest absolute Gasteiger partial charge is 0.306 e. The molecule has 0 aliphatic carbocycles. The van der Waals surface area contributed by atoms with Crippen LogP contribution in [-0.4, -0.2) is 37.2 Å². The van der Waals surface area contributed by atoms with Crippen molar-refractivity contribution in [3.8, 4) is 0 Å². The van der Waals surface area contributed by atoms with E-state index < -0.39 is 6.10 Å². The van der Waals surface area contributed by atoms with Crippen LogP contribution in [-0.2, 0) is 28.6 Å². The van der Waals surface area contributed by atoms with Gasteiger partial charge in [0.05, 0.1) is 0 Å². The van der Waals surface area contributed by atoms with E-state index in [0.717, 1.165) is 75.5 Å². The molecule has 0 N–H and O–H groups in total. The molecule has 368 valence electrons. The average molecular weight is 877 g/mol. The highest BCUT2D eigenvalue weighted by atomic mass is 16.6. The summed E-state index contributed by atoms with van der Waals surface area (Å²) in [6.45, 7) is 13.7. The minimum atomic E-state index is -0.763. The molecule has 1 atom stereocenters. The van der Waals surface area contributed by atoms with Crippen LogP contribution in [0.25, 0.3) is 0 Å². The first-order chi connectivity index (χ1) is 30.1. The fourth-order valence-corrected chi connectivity index (χ4v) is 8.47. The summed E-state index contributed by atoms with van der Waals surface area (Å²) in [5.74, 6) is 1.64. The van der Waals surface area contributed by atoms with Crippen LogP contribution in [0.4, 0.5) is 0 Å². The third kappa shape index (κ3) is 49.4. The molecule has 0 fully saturated rings. The van der Waals surface area contributed by atoms with E-state index in [0.29, 0.717) is 19.3 Å². The van der Waals surface area contributed by atoms with Gasteiger partial charge in [-0.2, -0.15) is 0 Å². The predicted molar refractivity (Wildman–Crippen MR) is 266 cm³/mol. The first-order valence-electron chi connectivity index (χ1n) is 27.6. The lowest BCUT2D eigenvalue weighted by Crippen LogP contribution is -2.30. The highest BCUT2D eigenvalue weighted by molar-refractivity contribution is 5.71. The number of hydrogen-bond acceptors (Lipinski definition) is 6. The predicted octanol–water partition coefficient (Wildman–Crippen LogP) is 17.9. The first-order valence-corrected chi connectivity index (χ1v) is 27.6. The highest BCUT2D eigenvalue weighted by Gasteiger charge is 2.19. The summed E-state index contributed by atoms with van der Waals surface area (Å²) < 4.78 is 16.9. The second kappa shape index (κ2) is 47.4. The molecular formula is C56H108O6. The maximum Gasteiger partial charge on any atom is 0.306 e. The molecule has 0 aromatic carbocycles. The lowest BCUT2D eigenvalue weighted by atomic mass is 10.0. The van der Waals surface area contributed by atoms with Gasteiger partial charge >= 0.3 is 17.9 Å². The number of esters is 3. The molecule has 0 aliphatic rings. The van der Waals surface area contributed by atoms with Gasteiger partial charge in [-0.15, -0.1) is 0 Å². The normalized spacial score (nSPS) is 12.1. The number of ether oxygens (including phenoxy) is 3. The Morgan fingerprint density at radius 3 is 0.694 bits per heavy atom. The Morgan fingerprint density at radius 1 is 0.274 bits per heavy atom. The van der Waals surface area contributed by atoms with Gasteiger partial charge in [0, 0.05) is 19.3 Å². The van der Waals surface area contributed by atoms with E-state index in [2.05, 4.69) is 41.5 Å². The van der Waals surface area contributed by atoms with E-state index in [-0.39, 0.29) is 31.1 Å². The van der Waals surface area contributed by atoms with Crippen LogP contribution in [0.3, 0.4) is 0 Å². The minimum absolute atomic E-state index is 0.0641. The molecule has 0 aliphatic heterocycles. The molecule has 0 aromatic heterocycles. The molecule has 0 heterocycles. The second-order valence-corrected chi connectivity index (χ2v) is 20.6. The number of unbranched alkanes of at least 4 members (excludes halogenated alkanes) is 32. The molecule has 6 heteroatoms. The SMILES string of the molecule is CC(C)CCCCCCCCCCCCCCCCC(=O)OC[C@H](COC(=O)CCCCCCCCCCCC(C)C)OC(=O)CCCCCCCCCCCCCCC(C)C. The van der Waals surface area contributed by atoms with Crippen LogP contribution in [0.2, 0.25) is 0 Å². The summed E-state index contributed by atoms with van der Waals surface area (Å²) >= 11 is 0. The Balaban J connectivity index is 4.30. The summed E-state index contributed by atoms with van der Waals surface area (Å²) in [4.78, 5) is 38.0. The van der Waals surface area contributed by atoms with Crippen LogP contribution in [0, 0.1) is 17.8 Å². The molecule has 0 radical (unpaired) electrons. The topological polar surface area (TPSA) is 78.9 Å². The maximum atomic E-state index is 12.8. The molecule has 0 saturated carbocycles. The van der Waals surface area contributed by atoms with Crippen molar-refractivity contribution in [2.24, 2.45) is 17.8 Å². The largest absolute Gasteiger partial charge is 0.462 e. The number of carbonyl (C=O) groups excluding carboxylic acids is 3. The van der Waals surface area contributed by atoms with Crippen molar-refractivity contribution in [2.75, 3.05) is 13.2 Å². The summed E-state index contributed by atoms with van der Waals surface area (Å²) in [5.41, 5.74) is 0. The third-order valence-electron chi connectivity index (χ3n) is 12.6. The van der Waals surface area contributed by atoms with Crippen molar-refractivity contribution in [1.29, 1.82) is 0 Å². The van der Waals surface area contributed by atoms with Gasteiger partial charge in [-0.3, -0.25) is 14.4 Å². The van der Waals surface area contributed by atoms with Gasteiger partial charge in [0.25, 0.3) is 0 Å². The van der Waals surface area contributed by atoms with Gasteiger partial charge in [0.2, 0.25) is 0 Å². The van der Waals surface area contributed by atoms with Crippen LogP contribution in [0.5, 0.6) is 0 Å².